The molecule has 0 saturated carbocycles. The minimum atomic E-state index is -0.815. The number of hydrogen-bond donors (Lipinski definition) is 2. The van der Waals surface area contributed by atoms with Crippen LogP contribution < -0.4 is 5.32 Å². The van der Waals surface area contributed by atoms with Gasteiger partial charge in [0.25, 0.3) is 0 Å². The lowest BCUT2D eigenvalue weighted by Crippen LogP contribution is -2.55. The minimum absolute atomic E-state index is 0.0596. The average Bonchev–Trinajstić information content (AvgIpc) is 2.99. The van der Waals surface area contributed by atoms with E-state index in [0.29, 0.717) is 38.8 Å². The normalized spacial score (nSPS) is 24.8. The molecule has 2 rings (SSSR count). The van der Waals surface area contributed by atoms with Gasteiger partial charge in [0.1, 0.15) is 6.04 Å². The summed E-state index contributed by atoms with van der Waals surface area (Å²) in [6.07, 6.45) is 3.35. The van der Waals surface area contributed by atoms with E-state index in [1.165, 1.54) is 0 Å². The van der Waals surface area contributed by atoms with Crippen LogP contribution >= 0.6 is 0 Å². The number of carboxylic acid groups (broad SMARTS) is 1. The van der Waals surface area contributed by atoms with E-state index in [4.69, 9.17) is 9.84 Å². The number of carbonyl (C=O) groups excluding carboxylic acids is 1. The fraction of sp³-hybridized carbons (Fsp3) is 0.857. The number of urea groups is 1. The van der Waals surface area contributed by atoms with Gasteiger partial charge in [0.05, 0.1) is 6.10 Å². The Balaban J connectivity index is 1.64. The first-order valence-corrected chi connectivity index (χ1v) is 7.69. The minimum Gasteiger partial charge on any atom is -0.480 e. The highest BCUT2D eigenvalue weighted by Gasteiger charge is 2.27. The number of carboxylic acids is 1. The highest BCUT2D eigenvalue weighted by molar-refractivity contribution is 5.74. The van der Waals surface area contributed by atoms with Gasteiger partial charge in [-0.3, -0.25) is 9.69 Å². The molecule has 2 saturated heterocycles. The lowest BCUT2D eigenvalue weighted by molar-refractivity contribution is -0.143. The Kier molecular flexibility index (Phi) is 5.81. The highest BCUT2D eigenvalue weighted by Crippen LogP contribution is 2.14. The van der Waals surface area contributed by atoms with Crippen molar-refractivity contribution in [3.8, 4) is 0 Å². The van der Waals surface area contributed by atoms with Crippen LogP contribution in [0.25, 0.3) is 0 Å². The SMILES string of the molecule is CC(C(=O)O)N1CCN(C(=O)NCCC2CCCO2)CC1. The zero-order valence-electron chi connectivity index (χ0n) is 12.6. The van der Waals surface area contributed by atoms with Gasteiger partial charge >= 0.3 is 12.0 Å². The van der Waals surface area contributed by atoms with Gasteiger partial charge in [-0.25, -0.2) is 4.79 Å². The highest BCUT2D eigenvalue weighted by atomic mass is 16.5. The first-order chi connectivity index (χ1) is 10.1. The zero-order valence-corrected chi connectivity index (χ0v) is 12.6. The summed E-state index contributed by atoms with van der Waals surface area (Å²) in [5, 5.41) is 11.9. The molecule has 0 bridgehead atoms. The molecule has 7 nitrogen and oxygen atoms in total. The Morgan fingerprint density at radius 2 is 2.05 bits per heavy atom. The van der Waals surface area contributed by atoms with E-state index in [0.717, 1.165) is 25.9 Å². The molecule has 2 heterocycles. The van der Waals surface area contributed by atoms with Gasteiger partial charge in [0, 0.05) is 39.3 Å². The second-order valence-corrected chi connectivity index (χ2v) is 5.69. The largest absolute Gasteiger partial charge is 0.480 e. The van der Waals surface area contributed by atoms with Gasteiger partial charge in [-0.15, -0.1) is 0 Å². The lowest BCUT2D eigenvalue weighted by atomic mass is 10.2. The number of piperazine rings is 1. The third-order valence-corrected chi connectivity index (χ3v) is 4.27. The van der Waals surface area contributed by atoms with Crippen molar-refractivity contribution in [1.82, 2.24) is 15.1 Å². The predicted molar refractivity (Wildman–Crippen MR) is 77.2 cm³/mol. The van der Waals surface area contributed by atoms with Crippen molar-refractivity contribution in [3.63, 3.8) is 0 Å². The average molecular weight is 299 g/mol. The van der Waals surface area contributed by atoms with Gasteiger partial charge < -0.3 is 20.1 Å². The van der Waals surface area contributed by atoms with Crippen molar-refractivity contribution in [2.45, 2.75) is 38.3 Å². The maximum Gasteiger partial charge on any atom is 0.320 e. The van der Waals surface area contributed by atoms with E-state index in [1.54, 1.807) is 11.8 Å². The smallest absolute Gasteiger partial charge is 0.320 e. The van der Waals surface area contributed by atoms with Gasteiger partial charge in [-0.2, -0.15) is 0 Å². The topological polar surface area (TPSA) is 82.1 Å². The summed E-state index contributed by atoms with van der Waals surface area (Å²) < 4.78 is 5.52. The Labute approximate surface area is 125 Å². The summed E-state index contributed by atoms with van der Waals surface area (Å²) in [5.74, 6) is -0.815. The van der Waals surface area contributed by atoms with E-state index < -0.39 is 12.0 Å². The third-order valence-electron chi connectivity index (χ3n) is 4.27. The van der Waals surface area contributed by atoms with Crippen LogP contribution in [0.2, 0.25) is 0 Å². The van der Waals surface area contributed by atoms with E-state index in [2.05, 4.69) is 5.32 Å². The summed E-state index contributed by atoms with van der Waals surface area (Å²) in [7, 11) is 0. The number of ether oxygens (including phenoxy) is 1. The standard InChI is InChI=1S/C14H25N3O4/c1-11(13(18)19)16-6-8-17(9-7-16)14(20)15-5-4-12-3-2-10-21-12/h11-12H,2-10H2,1H3,(H,15,20)(H,18,19). The van der Waals surface area contributed by atoms with Crippen LogP contribution in [-0.2, 0) is 9.53 Å². The Hall–Kier alpha value is -1.34. The fourth-order valence-electron chi connectivity index (χ4n) is 2.79. The number of hydrogen-bond acceptors (Lipinski definition) is 4. The van der Waals surface area contributed by atoms with Crippen molar-refractivity contribution in [3.05, 3.63) is 0 Å². The second kappa shape index (κ2) is 7.61. The molecule has 2 amide bonds. The molecule has 2 unspecified atom stereocenters. The monoisotopic (exact) mass is 299 g/mol. The van der Waals surface area contributed by atoms with Crippen molar-refractivity contribution in [2.75, 3.05) is 39.3 Å². The van der Waals surface area contributed by atoms with Crippen LogP contribution in [0.15, 0.2) is 0 Å². The van der Waals surface area contributed by atoms with Gasteiger partial charge in [-0.05, 0) is 26.2 Å². The Morgan fingerprint density at radius 3 is 2.62 bits per heavy atom. The van der Waals surface area contributed by atoms with E-state index >= 15 is 0 Å². The van der Waals surface area contributed by atoms with Crippen LogP contribution in [0.3, 0.4) is 0 Å². The molecule has 120 valence electrons. The van der Waals surface area contributed by atoms with Crippen molar-refractivity contribution < 1.29 is 19.4 Å². The maximum absolute atomic E-state index is 12.0. The summed E-state index contributed by atoms with van der Waals surface area (Å²) in [4.78, 5) is 26.6. The van der Waals surface area contributed by atoms with Crippen LogP contribution in [0, 0.1) is 0 Å². The van der Waals surface area contributed by atoms with E-state index in [1.807, 2.05) is 4.90 Å². The molecule has 2 fully saturated rings. The Morgan fingerprint density at radius 1 is 1.33 bits per heavy atom. The Bertz CT molecular complexity index is 363. The van der Waals surface area contributed by atoms with Crippen LogP contribution in [0.5, 0.6) is 0 Å². The molecule has 0 aliphatic carbocycles. The number of carbonyl (C=O) groups is 2. The number of rotatable bonds is 5. The molecule has 2 aliphatic heterocycles. The molecular formula is C14H25N3O4. The molecule has 2 atom stereocenters. The first-order valence-electron chi connectivity index (χ1n) is 7.69. The molecule has 0 spiro atoms. The molecule has 21 heavy (non-hydrogen) atoms. The van der Waals surface area contributed by atoms with Gasteiger partial charge in [-0.1, -0.05) is 0 Å². The molecule has 2 aliphatic rings. The second-order valence-electron chi connectivity index (χ2n) is 5.69. The third kappa shape index (κ3) is 4.57. The molecule has 0 aromatic heterocycles. The number of aliphatic carboxylic acids is 1. The van der Waals surface area contributed by atoms with Crippen molar-refractivity contribution in [1.29, 1.82) is 0 Å². The summed E-state index contributed by atoms with van der Waals surface area (Å²) in [6.45, 7) is 5.50. The quantitative estimate of drug-likeness (QED) is 0.766. The number of amides is 2. The van der Waals surface area contributed by atoms with Crippen molar-refractivity contribution in [2.24, 2.45) is 0 Å². The van der Waals surface area contributed by atoms with Crippen molar-refractivity contribution >= 4 is 12.0 Å². The van der Waals surface area contributed by atoms with Crippen LogP contribution in [0.4, 0.5) is 4.79 Å². The summed E-state index contributed by atoms with van der Waals surface area (Å²) in [6, 6.07) is -0.551. The predicted octanol–water partition coefficient (Wildman–Crippen LogP) is 0.356. The van der Waals surface area contributed by atoms with Crippen LogP contribution in [0.1, 0.15) is 26.2 Å². The fourth-order valence-corrected chi connectivity index (χ4v) is 2.79. The molecule has 0 aromatic carbocycles. The molecular weight excluding hydrogens is 274 g/mol. The molecule has 0 aromatic rings. The maximum atomic E-state index is 12.0. The van der Waals surface area contributed by atoms with Gasteiger partial charge in [0.2, 0.25) is 0 Å². The number of nitrogens with zero attached hydrogens (tertiary/aromatic N) is 2. The van der Waals surface area contributed by atoms with Gasteiger partial charge in [0.15, 0.2) is 0 Å². The first kappa shape index (κ1) is 16.0. The summed E-state index contributed by atoms with van der Waals surface area (Å²) >= 11 is 0. The summed E-state index contributed by atoms with van der Waals surface area (Å²) in [5.41, 5.74) is 0. The number of nitrogens with one attached hydrogen (secondary N) is 1. The molecule has 2 N–H and O–H groups in total. The molecule has 0 radical (unpaired) electrons. The van der Waals surface area contributed by atoms with E-state index in [-0.39, 0.29) is 6.03 Å². The molecule has 7 heteroatoms. The van der Waals surface area contributed by atoms with Crippen LogP contribution in [-0.4, -0.2) is 78.4 Å². The lowest BCUT2D eigenvalue weighted by Gasteiger charge is -2.36. The van der Waals surface area contributed by atoms with E-state index in [9.17, 15) is 9.59 Å². The zero-order chi connectivity index (χ0) is 15.2.